The Kier molecular flexibility index (Phi) is 7.02. The summed E-state index contributed by atoms with van der Waals surface area (Å²) in [4.78, 5) is 15.9. The number of halogens is 1. The Morgan fingerprint density at radius 3 is 2.81 bits per heavy atom. The van der Waals surface area contributed by atoms with Crippen LogP contribution in [0.25, 0.3) is 16.7 Å². The summed E-state index contributed by atoms with van der Waals surface area (Å²) < 4.78 is 38.9. The number of anilines is 1. The molecule has 3 heterocycles. The van der Waals surface area contributed by atoms with Crippen LogP contribution in [0, 0.1) is 5.82 Å². The zero-order valence-electron chi connectivity index (χ0n) is 20.8. The van der Waals surface area contributed by atoms with Crippen LogP contribution in [0.15, 0.2) is 54.6 Å². The number of carbonyl (C=O) groups excluding carboxylic acids is 1. The SMILES string of the molecule is CCOc1nc2ccc(F)cc2n1-c1cccc2c1OC[C@H]2Nc1ccc2c(c1)OC[C@H]2OC(C)=O.[Na]. The first-order chi connectivity index (χ1) is 17.5. The maximum atomic E-state index is 14.1. The van der Waals surface area contributed by atoms with E-state index in [4.69, 9.17) is 18.9 Å². The second-order valence-electron chi connectivity index (χ2n) is 8.66. The third-order valence-corrected chi connectivity index (χ3v) is 6.29. The smallest absolute Gasteiger partial charge is 0.303 e. The summed E-state index contributed by atoms with van der Waals surface area (Å²) in [5, 5.41) is 3.51. The first-order valence-corrected chi connectivity index (χ1v) is 11.8. The number of carbonyl (C=O) groups is 1. The number of rotatable bonds is 6. The van der Waals surface area contributed by atoms with Crippen molar-refractivity contribution in [1.82, 2.24) is 9.55 Å². The van der Waals surface area contributed by atoms with Crippen LogP contribution < -0.4 is 19.5 Å². The molecular weight excluding hydrogens is 488 g/mol. The molecule has 3 aromatic carbocycles. The molecule has 185 valence electrons. The molecule has 1 aromatic heterocycles. The topological polar surface area (TPSA) is 83.8 Å². The van der Waals surface area contributed by atoms with E-state index in [1.54, 1.807) is 10.6 Å². The molecule has 2 atom stereocenters. The van der Waals surface area contributed by atoms with Gasteiger partial charge in [0, 0.05) is 65.4 Å². The molecule has 0 bridgehead atoms. The number of hydrogen-bond acceptors (Lipinski definition) is 7. The van der Waals surface area contributed by atoms with E-state index in [1.807, 2.05) is 43.3 Å². The number of imidazole rings is 1. The van der Waals surface area contributed by atoms with Crippen molar-refractivity contribution >= 4 is 52.2 Å². The molecule has 0 fully saturated rings. The van der Waals surface area contributed by atoms with Gasteiger partial charge < -0.3 is 24.3 Å². The van der Waals surface area contributed by atoms with Crippen LogP contribution >= 0.6 is 0 Å². The maximum Gasteiger partial charge on any atom is 0.303 e. The number of hydrogen-bond donors (Lipinski definition) is 1. The summed E-state index contributed by atoms with van der Waals surface area (Å²) in [6.07, 6.45) is -0.390. The molecule has 0 spiro atoms. The summed E-state index contributed by atoms with van der Waals surface area (Å²) >= 11 is 0. The van der Waals surface area contributed by atoms with Gasteiger partial charge in [-0.25, -0.2) is 4.39 Å². The van der Waals surface area contributed by atoms with E-state index in [-0.39, 0.29) is 53.5 Å². The third-order valence-electron chi connectivity index (χ3n) is 6.29. The van der Waals surface area contributed by atoms with Crippen LogP contribution in [0.2, 0.25) is 0 Å². The molecule has 0 saturated heterocycles. The van der Waals surface area contributed by atoms with Crippen LogP contribution in [0.4, 0.5) is 10.1 Å². The molecule has 6 rings (SSSR count). The second-order valence-corrected chi connectivity index (χ2v) is 8.66. The molecule has 10 heteroatoms. The summed E-state index contributed by atoms with van der Waals surface area (Å²) in [5.41, 5.74) is 4.64. The fourth-order valence-corrected chi connectivity index (χ4v) is 4.78. The molecule has 2 aliphatic heterocycles. The van der Waals surface area contributed by atoms with Crippen LogP contribution in [0.1, 0.15) is 37.1 Å². The van der Waals surface area contributed by atoms with Crippen molar-refractivity contribution < 1.29 is 28.1 Å². The number of benzene rings is 3. The Hall–Kier alpha value is -3.27. The zero-order chi connectivity index (χ0) is 24.8. The van der Waals surface area contributed by atoms with Gasteiger partial charge in [-0.3, -0.25) is 9.36 Å². The van der Waals surface area contributed by atoms with E-state index in [2.05, 4.69) is 10.3 Å². The number of esters is 1. The molecule has 4 aromatic rings. The van der Waals surface area contributed by atoms with Crippen LogP contribution in [0.5, 0.6) is 17.5 Å². The van der Waals surface area contributed by atoms with Gasteiger partial charge in [0.1, 0.15) is 30.5 Å². The number of nitrogens with zero attached hydrogens (tertiary/aromatic N) is 2. The summed E-state index contributed by atoms with van der Waals surface area (Å²) in [7, 11) is 0. The number of nitrogens with one attached hydrogen (secondary N) is 1. The van der Waals surface area contributed by atoms with E-state index >= 15 is 0 Å². The average molecular weight is 512 g/mol. The Morgan fingerprint density at radius 1 is 1.14 bits per heavy atom. The average Bonchev–Trinajstić information content (AvgIpc) is 3.54. The van der Waals surface area contributed by atoms with Crippen molar-refractivity contribution in [3.63, 3.8) is 0 Å². The van der Waals surface area contributed by atoms with E-state index in [0.29, 0.717) is 48.4 Å². The van der Waals surface area contributed by atoms with Crippen LogP contribution in [0.3, 0.4) is 0 Å². The van der Waals surface area contributed by atoms with Gasteiger partial charge in [-0.05, 0) is 37.3 Å². The fourth-order valence-electron chi connectivity index (χ4n) is 4.78. The van der Waals surface area contributed by atoms with Crippen molar-refractivity contribution in [2.24, 2.45) is 0 Å². The predicted molar refractivity (Wildman–Crippen MR) is 136 cm³/mol. The summed E-state index contributed by atoms with van der Waals surface area (Å²) in [6.45, 7) is 4.40. The molecular formula is C27H24FN3NaO5. The van der Waals surface area contributed by atoms with E-state index in [1.165, 1.54) is 19.1 Å². The monoisotopic (exact) mass is 512 g/mol. The van der Waals surface area contributed by atoms with Crippen molar-refractivity contribution in [1.29, 1.82) is 0 Å². The van der Waals surface area contributed by atoms with Crippen molar-refractivity contribution in [2.75, 3.05) is 25.1 Å². The standard InChI is InChI=1S/C27H24FN3O5.Na/c1-3-33-27-30-20-10-7-16(28)11-23(20)31(27)22-6-4-5-18-21(13-35-26(18)22)29-17-8-9-19-24(12-17)34-14-25(19)36-15(2)32;/h4-12,21,25,29H,3,13-14H2,1-2H3;/t21-,25-;/m1./s1. The Balaban J connectivity index is 0.00000280. The van der Waals surface area contributed by atoms with Crippen molar-refractivity contribution in [3.05, 3.63) is 71.5 Å². The Labute approximate surface area is 235 Å². The molecule has 0 amide bonds. The van der Waals surface area contributed by atoms with Gasteiger partial charge in [-0.1, -0.05) is 12.1 Å². The third kappa shape index (κ3) is 4.63. The van der Waals surface area contributed by atoms with Gasteiger partial charge in [0.05, 0.1) is 29.4 Å². The van der Waals surface area contributed by atoms with E-state index < -0.39 is 0 Å². The number of fused-ring (bicyclic) bond motifs is 3. The Bertz CT molecular complexity index is 1490. The van der Waals surface area contributed by atoms with Crippen LogP contribution in [-0.2, 0) is 9.53 Å². The summed E-state index contributed by atoms with van der Waals surface area (Å²) in [6, 6.07) is 16.3. The van der Waals surface area contributed by atoms with Gasteiger partial charge in [0.25, 0.3) is 0 Å². The molecule has 1 N–H and O–H groups in total. The summed E-state index contributed by atoms with van der Waals surface area (Å²) in [5.74, 6) is 0.684. The second kappa shape index (κ2) is 10.2. The van der Waals surface area contributed by atoms with Crippen molar-refractivity contribution in [2.45, 2.75) is 26.0 Å². The van der Waals surface area contributed by atoms with Crippen LogP contribution in [-0.4, -0.2) is 64.9 Å². The minimum atomic E-state index is -0.390. The van der Waals surface area contributed by atoms with Gasteiger partial charge in [-0.2, -0.15) is 4.98 Å². The van der Waals surface area contributed by atoms with E-state index in [9.17, 15) is 9.18 Å². The molecule has 1 radical (unpaired) electrons. The fraction of sp³-hybridized carbons (Fsp3) is 0.259. The van der Waals surface area contributed by atoms with Gasteiger partial charge in [-0.15, -0.1) is 0 Å². The largest absolute Gasteiger partial charge is 0.489 e. The Morgan fingerprint density at radius 2 is 2.00 bits per heavy atom. The molecule has 8 nitrogen and oxygen atoms in total. The van der Waals surface area contributed by atoms with Gasteiger partial charge >= 0.3 is 12.0 Å². The first-order valence-electron chi connectivity index (χ1n) is 11.8. The zero-order valence-corrected chi connectivity index (χ0v) is 22.8. The number of para-hydroxylation sites is 1. The molecule has 0 aliphatic carbocycles. The predicted octanol–water partition coefficient (Wildman–Crippen LogP) is 4.72. The molecule has 37 heavy (non-hydrogen) atoms. The number of ether oxygens (including phenoxy) is 4. The minimum Gasteiger partial charge on any atom is -0.489 e. The quantitative estimate of drug-likeness (QED) is 0.296. The van der Waals surface area contributed by atoms with E-state index in [0.717, 1.165) is 22.5 Å². The van der Waals surface area contributed by atoms with Crippen molar-refractivity contribution in [3.8, 4) is 23.2 Å². The van der Waals surface area contributed by atoms with Gasteiger partial charge in [0.15, 0.2) is 6.10 Å². The number of aromatic nitrogens is 2. The van der Waals surface area contributed by atoms with Gasteiger partial charge in [0.2, 0.25) is 0 Å². The molecule has 0 unspecified atom stereocenters. The molecule has 0 saturated carbocycles. The molecule has 2 aliphatic rings. The first kappa shape index (κ1) is 25.4. The minimum absolute atomic E-state index is 0. The normalized spacial score (nSPS) is 17.3. The maximum absolute atomic E-state index is 14.1.